The smallest absolute Gasteiger partial charge is 0.323 e. The molecule has 5 heteroatoms. The second-order valence-electron chi connectivity index (χ2n) is 6.41. The minimum Gasteiger partial charge on any atom is -0.381 e. The van der Waals surface area contributed by atoms with E-state index < -0.39 is 0 Å². The number of amides is 2. The fraction of sp³-hybridized carbons (Fsp3) is 0.350. The van der Waals surface area contributed by atoms with Crippen LogP contribution in [-0.4, -0.2) is 32.3 Å². The SMILES string of the molecule is COC1CCN(c2ccc(NC(=O)Nc3ccc(C)cc3)cc2)CC1. The first-order chi connectivity index (χ1) is 12.1. The largest absolute Gasteiger partial charge is 0.381 e. The lowest BCUT2D eigenvalue weighted by atomic mass is 10.1. The van der Waals surface area contributed by atoms with E-state index in [9.17, 15) is 4.79 Å². The summed E-state index contributed by atoms with van der Waals surface area (Å²) in [5.41, 5.74) is 3.90. The summed E-state index contributed by atoms with van der Waals surface area (Å²) in [6, 6.07) is 15.5. The molecule has 0 atom stereocenters. The number of aryl methyl sites for hydroxylation is 1. The van der Waals surface area contributed by atoms with Gasteiger partial charge in [-0.1, -0.05) is 17.7 Å². The van der Waals surface area contributed by atoms with Gasteiger partial charge in [0.1, 0.15) is 0 Å². The summed E-state index contributed by atoms with van der Waals surface area (Å²) in [6.45, 7) is 4.02. The van der Waals surface area contributed by atoms with Crippen LogP contribution >= 0.6 is 0 Å². The molecule has 0 radical (unpaired) electrons. The van der Waals surface area contributed by atoms with Crippen LogP contribution in [0.1, 0.15) is 18.4 Å². The number of urea groups is 1. The van der Waals surface area contributed by atoms with Crippen molar-refractivity contribution in [2.45, 2.75) is 25.9 Å². The highest BCUT2D eigenvalue weighted by molar-refractivity contribution is 5.99. The number of anilines is 3. The van der Waals surface area contributed by atoms with Crippen LogP contribution in [0.2, 0.25) is 0 Å². The number of ether oxygens (including phenoxy) is 1. The zero-order chi connectivity index (χ0) is 17.6. The number of hydrogen-bond acceptors (Lipinski definition) is 3. The molecule has 2 aromatic rings. The molecule has 0 aromatic heterocycles. The van der Waals surface area contributed by atoms with Gasteiger partial charge < -0.3 is 20.3 Å². The number of rotatable bonds is 4. The van der Waals surface area contributed by atoms with Crippen molar-refractivity contribution in [3.05, 3.63) is 54.1 Å². The summed E-state index contributed by atoms with van der Waals surface area (Å²) in [7, 11) is 1.78. The van der Waals surface area contributed by atoms with E-state index in [1.807, 2.05) is 43.3 Å². The van der Waals surface area contributed by atoms with Gasteiger partial charge in [-0.3, -0.25) is 0 Å². The van der Waals surface area contributed by atoms with Gasteiger partial charge in [0.25, 0.3) is 0 Å². The maximum atomic E-state index is 12.1. The molecular formula is C20H25N3O2. The van der Waals surface area contributed by atoms with Gasteiger partial charge in [-0.15, -0.1) is 0 Å². The fourth-order valence-corrected chi connectivity index (χ4v) is 3.04. The van der Waals surface area contributed by atoms with Crippen molar-refractivity contribution in [3.63, 3.8) is 0 Å². The lowest BCUT2D eigenvalue weighted by Crippen LogP contribution is -2.36. The third-order valence-corrected chi connectivity index (χ3v) is 4.58. The Hall–Kier alpha value is -2.53. The molecule has 0 aliphatic carbocycles. The Bertz CT molecular complexity index is 690. The average Bonchev–Trinajstić information content (AvgIpc) is 2.64. The van der Waals surface area contributed by atoms with Crippen LogP contribution in [0.25, 0.3) is 0 Å². The Labute approximate surface area is 149 Å². The normalized spacial score (nSPS) is 15.0. The van der Waals surface area contributed by atoms with Gasteiger partial charge in [0.15, 0.2) is 0 Å². The number of piperidine rings is 1. The monoisotopic (exact) mass is 339 g/mol. The van der Waals surface area contributed by atoms with Gasteiger partial charge >= 0.3 is 6.03 Å². The van der Waals surface area contributed by atoms with E-state index in [1.54, 1.807) is 7.11 Å². The van der Waals surface area contributed by atoms with Crippen molar-refractivity contribution >= 4 is 23.1 Å². The second kappa shape index (κ2) is 8.03. The maximum absolute atomic E-state index is 12.1. The first-order valence-corrected chi connectivity index (χ1v) is 8.66. The fourth-order valence-electron chi connectivity index (χ4n) is 3.04. The molecule has 1 aliphatic heterocycles. The third-order valence-electron chi connectivity index (χ3n) is 4.58. The first-order valence-electron chi connectivity index (χ1n) is 8.66. The van der Waals surface area contributed by atoms with E-state index in [0.29, 0.717) is 6.10 Å². The highest BCUT2D eigenvalue weighted by atomic mass is 16.5. The van der Waals surface area contributed by atoms with E-state index in [4.69, 9.17) is 4.74 Å². The van der Waals surface area contributed by atoms with Crippen LogP contribution in [0, 0.1) is 6.92 Å². The Kier molecular flexibility index (Phi) is 5.56. The molecule has 5 nitrogen and oxygen atoms in total. The van der Waals surface area contributed by atoms with E-state index in [-0.39, 0.29) is 6.03 Å². The summed E-state index contributed by atoms with van der Waals surface area (Å²) in [6.07, 6.45) is 2.48. The molecule has 25 heavy (non-hydrogen) atoms. The first kappa shape index (κ1) is 17.3. The van der Waals surface area contributed by atoms with Gasteiger partial charge in [-0.2, -0.15) is 0 Å². The number of carbonyl (C=O) groups is 1. The van der Waals surface area contributed by atoms with Crippen LogP contribution < -0.4 is 15.5 Å². The van der Waals surface area contributed by atoms with Crippen LogP contribution in [0.3, 0.4) is 0 Å². The predicted molar refractivity (Wildman–Crippen MR) is 103 cm³/mol. The number of methoxy groups -OCH3 is 1. The van der Waals surface area contributed by atoms with Crippen molar-refractivity contribution in [3.8, 4) is 0 Å². The standard InChI is InChI=1S/C20H25N3O2/c1-15-3-5-16(6-4-15)21-20(24)22-17-7-9-18(10-8-17)23-13-11-19(25-2)12-14-23/h3-10,19H,11-14H2,1-2H3,(H2,21,22,24). The molecule has 1 aliphatic rings. The third kappa shape index (κ3) is 4.73. The molecule has 2 aromatic carbocycles. The molecule has 1 fully saturated rings. The molecule has 2 N–H and O–H groups in total. The van der Waals surface area contributed by atoms with Crippen molar-refractivity contribution in [2.75, 3.05) is 35.7 Å². The number of hydrogen-bond donors (Lipinski definition) is 2. The molecule has 3 rings (SSSR count). The number of nitrogens with zero attached hydrogens (tertiary/aromatic N) is 1. The molecule has 0 spiro atoms. The van der Waals surface area contributed by atoms with Crippen LogP contribution in [0.5, 0.6) is 0 Å². The van der Waals surface area contributed by atoms with Crippen LogP contribution in [0.4, 0.5) is 21.9 Å². The van der Waals surface area contributed by atoms with Crippen molar-refractivity contribution in [1.82, 2.24) is 0 Å². The Morgan fingerprint density at radius 1 is 0.960 bits per heavy atom. The molecular weight excluding hydrogens is 314 g/mol. The van der Waals surface area contributed by atoms with Gasteiger partial charge in [-0.05, 0) is 56.2 Å². The van der Waals surface area contributed by atoms with Crippen LogP contribution in [0.15, 0.2) is 48.5 Å². The number of benzene rings is 2. The molecule has 132 valence electrons. The molecule has 0 saturated carbocycles. The van der Waals surface area contributed by atoms with Gasteiger partial charge in [0, 0.05) is 37.3 Å². The van der Waals surface area contributed by atoms with Gasteiger partial charge in [0.05, 0.1) is 6.10 Å². The zero-order valence-electron chi connectivity index (χ0n) is 14.8. The predicted octanol–water partition coefficient (Wildman–Crippen LogP) is 4.25. The van der Waals surface area contributed by atoms with Gasteiger partial charge in [-0.25, -0.2) is 4.79 Å². The quantitative estimate of drug-likeness (QED) is 0.875. The topological polar surface area (TPSA) is 53.6 Å². The molecule has 2 amide bonds. The summed E-state index contributed by atoms with van der Waals surface area (Å²) in [5.74, 6) is 0. The minimum atomic E-state index is -0.238. The number of carbonyl (C=O) groups excluding carboxylic acids is 1. The zero-order valence-corrected chi connectivity index (χ0v) is 14.8. The van der Waals surface area contributed by atoms with E-state index >= 15 is 0 Å². The Morgan fingerprint density at radius 3 is 2.00 bits per heavy atom. The van der Waals surface area contributed by atoms with Crippen molar-refractivity contribution < 1.29 is 9.53 Å². The summed E-state index contributed by atoms with van der Waals surface area (Å²) < 4.78 is 5.41. The highest BCUT2D eigenvalue weighted by Gasteiger charge is 2.18. The van der Waals surface area contributed by atoms with Gasteiger partial charge in [0.2, 0.25) is 0 Å². The van der Waals surface area contributed by atoms with Crippen molar-refractivity contribution in [2.24, 2.45) is 0 Å². The summed E-state index contributed by atoms with van der Waals surface area (Å²) >= 11 is 0. The summed E-state index contributed by atoms with van der Waals surface area (Å²) in [4.78, 5) is 14.4. The molecule has 0 unspecified atom stereocenters. The average molecular weight is 339 g/mol. The van der Waals surface area contributed by atoms with Crippen LogP contribution in [-0.2, 0) is 4.74 Å². The van der Waals surface area contributed by atoms with E-state index in [0.717, 1.165) is 42.9 Å². The molecule has 1 heterocycles. The summed E-state index contributed by atoms with van der Waals surface area (Å²) in [5, 5.41) is 5.70. The maximum Gasteiger partial charge on any atom is 0.323 e. The molecule has 0 bridgehead atoms. The van der Waals surface area contributed by atoms with E-state index in [2.05, 4.69) is 27.7 Å². The second-order valence-corrected chi connectivity index (χ2v) is 6.41. The Morgan fingerprint density at radius 2 is 1.48 bits per heavy atom. The lowest BCUT2D eigenvalue weighted by molar-refractivity contribution is 0.0819. The number of nitrogens with one attached hydrogen (secondary N) is 2. The highest BCUT2D eigenvalue weighted by Crippen LogP contribution is 2.23. The Balaban J connectivity index is 1.53. The van der Waals surface area contributed by atoms with E-state index in [1.165, 1.54) is 5.69 Å². The lowest BCUT2D eigenvalue weighted by Gasteiger charge is -2.33. The van der Waals surface area contributed by atoms with Crippen molar-refractivity contribution in [1.29, 1.82) is 0 Å². The molecule has 1 saturated heterocycles. The minimum absolute atomic E-state index is 0.238.